The molecule has 2 rings (SSSR count). The monoisotopic (exact) mass is 239 g/mol. The minimum Gasteiger partial charge on any atom is -0.378 e. The van der Waals surface area contributed by atoms with E-state index < -0.39 is 0 Å². The number of para-hydroxylation sites is 1. The summed E-state index contributed by atoms with van der Waals surface area (Å²) in [6, 6.07) is 17.8. The molecule has 0 saturated heterocycles. The van der Waals surface area contributed by atoms with Crippen molar-refractivity contribution in [3.05, 3.63) is 65.7 Å². The van der Waals surface area contributed by atoms with Gasteiger partial charge in [-0.25, -0.2) is 0 Å². The highest BCUT2D eigenvalue weighted by atomic mass is 16.1. The molecule has 2 aromatic rings. The first-order chi connectivity index (χ1) is 8.75. The lowest BCUT2D eigenvalue weighted by Crippen LogP contribution is -2.16. The van der Waals surface area contributed by atoms with Gasteiger partial charge in [-0.1, -0.05) is 42.5 Å². The van der Waals surface area contributed by atoms with Gasteiger partial charge < -0.3 is 5.32 Å². The van der Waals surface area contributed by atoms with Crippen molar-refractivity contribution >= 4 is 11.5 Å². The molecule has 0 aliphatic carbocycles. The average Bonchev–Trinajstić information content (AvgIpc) is 2.40. The van der Waals surface area contributed by atoms with E-state index in [9.17, 15) is 4.79 Å². The van der Waals surface area contributed by atoms with Crippen LogP contribution in [0.1, 0.15) is 11.1 Å². The maximum absolute atomic E-state index is 11.9. The number of hydrogen-bond donors (Lipinski definition) is 1. The number of rotatable bonds is 5. The second-order valence-corrected chi connectivity index (χ2v) is 4.36. The lowest BCUT2D eigenvalue weighted by Gasteiger charge is -2.07. The average molecular weight is 239 g/mol. The molecule has 0 atom stereocenters. The Morgan fingerprint density at radius 2 is 1.67 bits per heavy atom. The smallest absolute Gasteiger partial charge is 0.156 e. The Morgan fingerprint density at radius 1 is 1.00 bits per heavy atom. The van der Waals surface area contributed by atoms with Gasteiger partial charge in [0.1, 0.15) is 0 Å². The van der Waals surface area contributed by atoms with Crippen molar-refractivity contribution < 1.29 is 4.79 Å². The van der Waals surface area contributed by atoms with Crippen LogP contribution in [0.5, 0.6) is 0 Å². The van der Waals surface area contributed by atoms with Gasteiger partial charge in [0, 0.05) is 12.1 Å². The summed E-state index contributed by atoms with van der Waals surface area (Å²) >= 11 is 0. The van der Waals surface area contributed by atoms with Crippen LogP contribution in [0.3, 0.4) is 0 Å². The second-order valence-electron chi connectivity index (χ2n) is 4.36. The van der Waals surface area contributed by atoms with Crippen LogP contribution in [-0.4, -0.2) is 12.3 Å². The summed E-state index contributed by atoms with van der Waals surface area (Å²) < 4.78 is 0. The molecule has 2 heteroatoms. The third-order valence-electron chi connectivity index (χ3n) is 2.91. The highest BCUT2D eigenvalue weighted by molar-refractivity contribution is 5.85. The highest BCUT2D eigenvalue weighted by Crippen LogP contribution is 2.09. The van der Waals surface area contributed by atoms with Crippen molar-refractivity contribution in [2.75, 3.05) is 11.9 Å². The number of aryl methyl sites for hydroxylation is 1. The van der Waals surface area contributed by atoms with Crippen LogP contribution in [0.4, 0.5) is 5.69 Å². The van der Waals surface area contributed by atoms with Gasteiger partial charge in [0.05, 0.1) is 6.54 Å². The summed E-state index contributed by atoms with van der Waals surface area (Å²) in [6.45, 7) is 2.41. The third kappa shape index (κ3) is 3.45. The molecule has 0 heterocycles. The van der Waals surface area contributed by atoms with E-state index in [0.717, 1.165) is 11.3 Å². The zero-order valence-corrected chi connectivity index (χ0v) is 10.5. The normalized spacial score (nSPS) is 10.1. The van der Waals surface area contributed by atoms with Crippen molar-refractivity contribution in [2.45, 2.75) is 13.3 Å². The lowest BCUT2D eigenvalue weighted by molar-refractivity contribution is -0.116. The van der Waals surface area contributed by atoms with Gasteiger partial charge in [-0.3, -0.25) is 4.79 Å². The molecule has 0 aliphatic heterocycles. The number of carbonyl (C=O) groups excluding carboxylic acids is 1. The number of ketones is 1. The maximum atomic E-state index is 11.9. The van der Waals surface area contributed by atoms with Crippen molar-refractivity contribution in [3.8, 4) is 0 Å². The topological polar surface area (TPSA) is 29.1 Å². The van der Waals surface area contributed by atoms with Crippen LogP contribution in [0.2, 0.25) is 0 Å². The van der Waals surface area contributed by atoms with E-state index in [1.807, 2.05) is 61.5 Å². The number of carbonyl (C=O) groups is 1. The molecule has 0 bridgehead atoms. The Hall–Kier alpha value is -2.09. The molecule has 2 nitrogen and oxygen atoms in total. The summed E-state index contributed by atoms with van der Waals surface area (Å²) in [5, 5.41) is 3.13. The molecule has 0 aromatic heterocycles. The first-order valence-electron chi connectivity index (χ1n) is 6.11. The van der Waals surface area contributed by atoms with E-state index in [0.29, 0.717) is 13.0 Å². The molecule has 0 spiro atoms. The van der Waals surface area contributed by atoms with Crippen LogP contribution in [0.15, 0.2) is 54.6 Å². The Kier molecular flexibility index (Phi) is 4.13. The molecule has 0 unspecified atom stereocenters. The van der Waals surface area contributed by atoms with Gasteiger partial charge in [0.2, 0.25) is 0 Å². The molecule has 0 amide bonds. The Labute approximate surface area is 108 Å². The highest BCUT2D eigenvalue weighted by Gasteiger charge is 2.05. The van der Waals surface area contributed by atoms with Crippen LogP contribution in [0, 0.1) is 6.92 Å². The van der Waals surface area contributed by atoms with E-state index in [2.05, 4.69) is 5.32 Å². The van der Waals surface area contributed by atoms with Crippen molar-refractivity contribution in [1.82, 2.24) is 0 Å². The number of hydrogen-bond acceptors (Lipinski definition) is 2. The molecule has 0 aliphatic rings. The predicted octanol–water partition coefficient (Wildman–Crippen LogP) is 3.22. The molecular weight excluding hydrogens is 222 g/mol. The summed E-state index contributed by atoms with van der Waals surface area (Å²) in [4.78, 5) is 11.9. The summed E-state index contributed by atoms with van der Waals surface area (Å²) in [5.74, 6) is 0.202. The quantitative estimate of drug-likeness (QED) is 0.868. The van der Waals surface area contributed by atoms with E-state index in [1.165, 1.54) is 5.56 Å². The number of nitrogens with one attached hydrogen (secondary N) is 1. The van der Waals surface area contributed by atoms with Gasteiger partial charge in [-0.2, -0.15) is 0 Å². The van der Waals surface area contributed by atoms with E-state index >= 15 is 0 Å². The first kappa shape index (κ1) is 12.4. The van der Waals surface area contributed by atoms with Gasteiger partial charge in [0.25, 0.3) is 0 Å². The third-order valence-corrected chi connectivity index (χ3v) is 2.91. The molecule has 0 fully saturated rings. The molecule has 0 saturated carbocycles. The van der Waals surface area contributed by atoms with E-state index in [4.69, 9.17) is 0 Å². The molecular formula is C16H17NO. The number of benzene rings is 2. The zero-order chi connectivity index (χ0) is 12.8. The molecule has 2 aromatic carbocycles. The second kappa shape index (κ2) is 6.01. The van der Waals surface area contributed by atoms with Gasteiger partial charge in [-0.05, 0) is 30.2 Å². The van der Waals surface area contributed by atoms with Crippen LogP contribution in [0.25, 0.3) is 0 Å². The van der Waals surface area contributed by atoms with E-state index in [-0.39, 0.29) is 5.78 Å². The molecule has 1 N–H and O–H groups in total. The van der Waals surface area contributed by atoms with Gasteiger partial charge in [0.15, 0.2) is 5.78 Å². The fraction of sp³-hybridized carbons (Fsp3) is 0.188. The Morgan fingerprint density at radius 3 is 2.39 bits per heavy atom. The van der Waals surface area contributed by atoms with Crippen LogP contribution in [-0.2, 0) is 11.2 Å². The lowest BCUT2D eigenvalue weighted by atomic mass is 10.0. The Balaban J connectivity index is 1.88. The summed E-state index contributed by atoms with van der Waals surface area (Å²) in [7, 11) is 0. The molecule has 0 radical (unpaired) electrons. The van der Waals surface area contributed by atoms with Gasteiger partial charge in [-0.15, -0.1) is 0 Å². The number of anilines is 1. The largest absolute Gasteiger partial charge is 0.378 e. The van der Waals surface area contributed by atoms with Crippen molar-refractivity contribution in [3.63, 3.8) is 0 Å². The maximum Gasteiger partial charge on any atom is 0.156 e. The minimum atomic E-state index is 0.202. The van der Waals surface area contributed by atoms with Gasteiger partial charge >= 0.3 is 0 Å². The number of Topliss-reactive ketones (excluding diaryl/α,β-unsaturated/α-hetero) is 1. The van der Waals surface area contributed by atoms with Crippen molar-refractivity contribution in [1.29, 1.82) is 0 Å². The van der Waals surface area contributed by atoms with Crippen molar-refractivity contribution in [2.24, 2.45) is 0 Å². The minimum absolute atomic E-state index is 0.202. The first-order valence-corrected chi connectivity index (χ1v) is 6.11. The predicted molar refractivity (Wildman–Crippen MR) is 74.8 cm³/mol. The fourth-order valence-electron chi connectivity index (χ4n) is 1.84. The fourth-order valence-corrected chi connectivity index (χ4v) is 1.84. The SMILES string of the molecule is Cc1ccccc1CC(=O)CNc1ccccc1. The summed E-state index contributed by atoms with van der Waals surface area (Å²) in [5.41, 5.74) is 3.26. The Bertz CT molecular complexity index is 520. The van der Waals surface area contributed by atoms with Crippen LogP contribution >= 0.6 is 0 Å². The zero-order valence-electron chi connectivity index (χ0n) is 10.5. The molecule has 92 valence electrons. The summed E-state index contributed by atoms with van der Waals surface area (Å²) in [6.07, 6.45) is 0.493. The van der Waals surface area contributed by atoms with E-state index in [1.54, 1.807) is 0 Å². The van der Waals surface area contributed by atoms with Crippen LogP contribution < -0.4 is 5.32 Å². The standard InChI is InChI=1S/C16H17NO/c1-13-7-5-6-8-14(13)11-16(18)12-17-15-9-3-2-4-10-15/h2-10,17H,11-12H2,1H3. The molecule has 18 heavy (non-hydrogen) atoms.